The molecule has 0 aliphatic carbocycles. The van der Waals surface area contributed by atoms with Crippen LogP contribution in [0.15, 0.2) is 35.8 Å². The van der Waals surface area contributed by atoms with Gasteiger partial charge in [0.15, 0.2) is 0 Å². The number of hydrogen-bond donors (Lipinski definition) is 1. The average molecular weight is 268 g/mol. The first-order chi connectivity index (χ1) is 8.11. The minimum atomic E-state index is -3.23. The zero-order valence-corrected chi connectivity index (χ0v) is 10.9. The third-order valence-electron chi connectivity index (χ3n) is 2.20. The molecule has 1 aromatic carbocycles. The Morgan fingerprint density at radius 1 is 1.41 bits per heavy atom. The summed E-state index contributed by atoms with van der Waals surface area (Å²) in [6, 6.07) is 7.23. The van der Waals surface area contributed by atoms with Crippen molar-refractivity contribution < 1.29 is 8.42 Å². The smallest absolute Gasteiger partial charge is 0.232 e. The van der Waals surface area contributed by atoms with Crippen LogP contribution in [0.4, 0.5) is 5.69 Å². The summed E-state index contributed by atoms with van der Waals surface area (Å²) in [6.07, 6.45) is 1.73. The van der Waals surface area contributed by atoms with Crippen LogP contribution in [-0.2, 0) is 10.0 Å². The molecule has 6 heteroatoms. The Morgan fingerprint density at radius 2 is 2.24 bits per heavy atom. The summed E-state index contributed by atoms with van der Waals surface area (Å²) in [6.45, 7) is 1.60. The molecule has 1 aromatic heterocycles. The number of rotatable bonds is 4. The van der Waals surface area contributed by atoms with E-state index in [4.69, 9.17) is 0 Å². The van der Waals surface area contributed by atoms with Crippen molar-refractivity contribution in [3.8, 4) is 10.6 Å². The zero-order valence-electron chi connectivity index (χ0n) is 9.25. The number of thiazole rings is 1. The second-order valence-corrected chi connectivity index (χ2v) is 6.33. The van der Waals surface area contributed by atoms with E-state index in [0.717, 1.165) is 10.6 Å². The molecule has 2 rings (SSSR count). The first-order valence-corrected chi connectivity index (χ1v) is 7.64. The summed E-state index contributed by atoms with van der Waals surface area (Å²) in [5, 5.41) is 2.76. The molecule has 2 aromatic rings. The lowest BCUT2D eigenvalue weighted by molar-refractivity contribution is 0.602. The molecule has 0 aliphatic heterocycles. The van der Waals surface area contributed by atoms with Crippen LogP contribution in [0.5, 0.6) is 0 Å². The molecule has 0 saturated carbocycles. The molecule has 0 fully saturated rings. The summed E-state index contributed by atoms with van der Waals surface area (Å²) < 4.78 is 25.4. The lowest BCUT2D eigenvalue weighted by atomic mass is 10.2. The minimum Gasteiger partial charge on any atom is -0.284 e. The van der Waals surface area contributed by atoms with Crippen LogP contribution in [0.25, 0.3) is 10.6 Å². The highest BCUT2D eigenvalue weighted by atomic mass is 32.2. The Kier molecular flexibility index (Phi) is 3.44. The maximum absolute atomic E-state index is 11.4. The molecule has 0 bridgehead atoms. The van der Waals surface area contributed by atoms with Gasteiger partial charge >= 0.3 is 0 Å². The van der Waals surface area contributed by atoms with Gasteiger partial charge < -0.3 is 0 Å². The van der Waals surface area contributed by atoms with Crippen LogP contribution >= 0.6 is 11.3 Å². The van der Waals surface area contributed by atoms with Crippen molar-refractivity contribution in [1.82, 2.24) is 4.98 Å². The van der Waals surface area contributed by atoms with E-state index >= 15 is 0 Å². The van der Waals surface area contributed by atoms with Crippen LogP contribution in [0.3, 0.4) is 0 Å². The first kappa shape index (κ1) is 12.1. The van der Waals surface area contributed by atoms with Crippen molar-refractivity contribution in [2.24, 2.45) is 0 Å². The van der Waals surface area contributed by atoms with Crippen LogP contribution in [-0.4, -0.2) is 19.2 Å². The molecule has 1 heterocycles. The first-order valence-electron chi connectivity index (χ1n) is 5.11. The lowest BCUT2D eigenvalue weighted by Crippen LogP contribution is -2.14. The number of nitrogens with zero attached hydrogens (tertiary/aromatic N) is 1. The summed E-state index contributed by atoms with van der Waals surface area (Å²) in [5.74, 6) is 0.0640. The molecule has 0 aliphatic rings. The van der Waals surface area contributed by atoms with Gasteiger partial charge in [0.1, 0.15) is 5.01 Å². The topological polar surface area (TPSA) is 59.1 Å². The van der Waals surface area contributed by atoms with Gasteiger partial charge in [0.05, 0.1) is 5.75 Å². The number of anilines is 1. The van der Waals surface area contributed by atoms with Crippen molar-refractivity contribution in [2.75, 3.05) is 10.5 Å². The summed E-state index contributed by atoms with van der Waals surface area (Å²) in [7, 11) is -3.23. The van der Waals surface area contributed by atoms with Gasteiger partial charge in [-0.1, -0.05) is 12.1 Å². The predicted octanol–water partition coefficient (Wildman–Crippen LogP) is 2.57. The highest BCUT2D eigenvalue weighted by Gasteiger charge is 2.07. The Balaban J connectivity index is 2.30. The molecule has 4 nitrogen and oxygen atoms in total. The van der Waals surface area contributed by atoms with Gasteiger partial charge in [-0.05, 0) is 19.1 Å². The van der Waals surface area contributed by atoms with Crippen molar-refractivity contribution >= 4 is 27.0 Å². The van der Waals surface area contributed by atoms with Gasteiger partial charge in [-0.2, -0.15) is 0 Å². The summed E-state index contributed by atoms with van der Waals surface area (Å²) >= 11 is 1.52. The van der Waals surface area contributed by atoms with E-state index in [-0.39, 0.29) is 5.75 Å². The molecule has 0 radical (unpaired) electrons. The van der Waals surface area contributed by atoms with Gasteiger partial charge in [-0.25, -0.2) is 13.4 Å². The molecule has 1 N–H and O–H groups in total. The quantitative estimate of drug-likeness (QED) is 0.927. The van der Waals surface area contributed by atoms with Gasteiger partial charge in [-0.3, -0.25) is 4.72 Å². The van der Waals surface area contributed by atoms with Crippen molar-refractivity contribution in [3.63, 3.8) is 0 Å². The van der Waals surface area contributed by atoms with Gasteiger partial charge in [0.25, 0.3) is 0 Å². The predicted molar refractivity (Wildman–Crippen MR) is 70.6 cm³/mol. The molecular formula is C11H12N2O2S2. The van der Waals surface area contributed by atoms with E-state index < -0.39 is 10.0 Å². The molecule has 0 spiro atoms. The Labute approximate surface area is 104 Å². The second-order valence-electron chi connectivity index (χ2n) is 3.42. The van der Waals surface area contributed by atoms with Crippen molar-refractivity contribution in [2.45, 2.75) is 6.92 Å². The van der Waals surface area contributed by atoms with E-state index in [1.54, 1.807) is 25.3 Å². The Bertz CT molecular complexity index is 592. The van der Waals surface area contributed by atoms with Crippen molar-refractivity contribution in [3.05, 3.63) is 35.8 Å². The third kappa shape index (κ3) is 3.04. The van der Waals surface area contributed by atoms with Crippen molar-refractivity contribution in [1.29, 1.82) is 0 Å². The SMILES string of the molecule is CCS(=O)(=O)Nc1cccc(-c2nccs2)c1. The van der Waals surface area contributed by atoms with E-state index in [0.29, 0.717) is 5.69 Å². The van der Waals surface area contributed by atoms with Gasteiger partial charge in [0, 0.05) is 22.8 Å². The van der Waals surface area contributed by atoms with E-state index in [1.807, 2.05) is 17.5 Å². The van der Waals surface area contributed by atoms with Gasteiger partial charge in [0.2, 0.25) is 10.0 Å². The number of aromatic nitrogens is 1. The summed E-state index contributed by atoms with van der Waals surface area (Å²) in [5.41, 5.74) is 1.48. The Morgan fingerprint density at radius 3 is 2.88 bits per heavy atom. The molecule has 0 saturated heterocycles. The van der Waals surface area contributed by atoms with Crippen LogP contribution in [0.1, 0.15) is 6.92 Å². The maximum atomic E-state index is 11.4. The fourth-order valence-electron chi connectivity index (χ4n) is 1.33. The minimum absolute atomic E-state index is 0.0640. The zero-order chi connectivity index (χ0) is 12.3. The number of hydrogen-bond acceptors (Lipinski definition) is 4. The normalized spacial score (nSPS) is 11.4. The highest BCUT2D eigenvalue weighted by molar-refractivity contribution is 7.92. The van der Waals surface area contributed by atoms with E-state index in [9.17, 15) is 8.42 Å². The average Bonchev–Trinajstić information content (AvgIpc) is 2.82. The fraction of sp³-hybridized carbons (Fsp3) is 0.182. The van der Waals surface area contributed by atoms with E-state index in [1.165, 1.54) is 11.3 Å². The molecule has 90 valence electrons. The van der Waals surface area contributed by atoms with Crippen LogP contribution < -0.4 is 4.72 Å². The monoisotopic (exact) mass is 268 g/mol. The summed E-state index contributed by atoms with van der Waals surface area (Å²) in [4.78, 5) is 4.19. The van der Waals surface area contributed by atoms with Gasteiger partial charge in [-0.15, -0.1) is 11.3 Å². The van der Waals surface area contributed by atoms with E-state index in [2.05, 4.69) is 9.71 Å². The Hall–Kier alpha value is -1.40. The second kappa shape index (κ2) is 4.85. The largest absolute Gasteiger partial charge is 0.284 e. The fourth-order valence-corrected chi connectivity index (χ4v) is 2.60. The molecule has 0 atom stereocenters. The number of nitrogens with one attached hydrogen (secondary N) is 1. The van der Waals surface area contributed by atoms with Crippen LogP contribution in [0, 0.1) is 0 Å². The molecular weight excluding hydrogens is 256 g/mol. The van der Waals surface area contributed by atoms with Crippen LogP contribution in [0.2, 0.25) is 0 Å². The molecule has 0 unspecified atom stereocenters. The molecule has 17 heavy (non-hydrogen) atoms. The lowest BCUT2D eigenvalue weighted by Gasteiger charge is -2.06. The third-order valence-corrected chi connectivity index (χ3v) is 4.32. The maximum Gasteiger partial charge on any atom is 0.232 e. The standard InChI is InChI=1S/C11H12N2O2S2/c1-2-17(14,15)13-10-5-3-4-9(8-10)11-12-6-7-16-11/h3-8,13H,2H2,1H3. The molecule has 0 amide bonds. The highest BCUT2D eigenvalue weighted by Crippen LogP contribution is 2.24. The number of sulfonamides is 1. The number of benzene rings is 1.